The lowest BCUT2D eigenvalue weighted by Crippen LogP contribution is -2.25. The van der Waals surface area contributed by atoms with Crippen molar-refractivity contribution >= 4 is 11.6 Å². The molecule has 16 heavy (non-hydrogen) atoms. The smallest absolute Gasteiger partial charge is 0.269 e. The number of aromatic nitrogens is 1. The van der Waals surface area contributed by atoms with Gasteiger partial charge in [-0.3, -0.25) is 10.6 Å². The molecule has 0 unspecified atom stereocenters. The van der Waals surface area contributed by atoms with Crippen molar-refractivity contribution < 1.29 is 4.79 Å². The largest absolute Gasteiger partial charge is 0.351 e. The van der Waals surface area contributed by atoms with Gasteiger partial charge in [0.2, 0.25) is 0 Å². The molecule has 88 valence electrons. The van der Waals surface area contributed by atoms with Gasteiger partial charge in [-0.15, -0.1) is 0 Å². The van der Waals surface area contributed by atoms with E-state index in [1.807, 2.05) is 0 Å². The molecule has 1 amide bonds. The number of rotatable bonds is 6. The third-order valence-corrected chi connectivity index (χ3v) is 2.23. The van der Waals surface area contributed by atoms with Gasteiger partial charge in [0.15, 0.2) is 0 Å². The van der Waals surface area contributed by atoms with Crippen LogP contribution in [0.4, 0.5) is 5.69 Å². The molecule has 0 atom stereocenters. The summed E-state index contributed by atoms with van der Waals surface area (Å²) >= 11 is 0. The Morgan fingerprint density at radius 3 is 2.81 bits per heavy atom. The highest BCUT2D eigenvalue weighted by Gasteiger charge is 2.05. The number of amides is 1. The maximum absolute atomic E-state index is 11.6. The summed E-state index contributed by atoms with van der Waals surface area (Å²) in [5.74, 6) is 5.06. The topological polar surface area (TPSA) is 80.0 Å². The molecule has 0 saturated carbocycles. The maximum Gasteiger partial charge on any atom is 0.269 e. The van der Waals surface area contributed by atoms with Crippen molar-refractivity contribution in [1.82, 2.24) is 10.3 Å². The van der Waals surface area contributed by atoms with E-state index in [1.54, 1.807) is 12.1 Å². The molecule has 0 bridgehead atoms. The summed E-state index contributed by atoms with van der Waals surface area (Å²) in [7, 11) is 0. The van der Waals surface area contributed by atoms with Crippen LogP contribution in [-0.2, 0) is 0 Å². The summed E-state index contributed by atoms with van der Waals surface area (Å²) < 4.78 is 0. The van der Waals surface area contributed by atoms with Gasteiger partial charge in [-0.05, 0) is 18.6 Å². The van der Waals surface area contributed by atoms with E-state index < -0.39 is 0 Å². The molecule has 5 nitrogen and oxygen atoms in total. The zero-order valence-corrected chi connectivity index (χ0v) is 9.49. The number of hydrogen-bond acceptors (Lipinski definition) is 4. The Morgan fingerprint density at radius 2 is 2.25 bits per heavy atom. The fourth-order valence-electron chi connectivity index (χ4n) is 1.28. The highest BCUT2D eigenvalue weighted by molar-refractivity contribution is 5.92. The molecular weight excluding hydrogens is 204 g/mol. The number of nitrogens with one attached hydrogen (secondary N) is 2. The fraction of sp³-hybridized carbons (Fsp3) is 0.455. The molecule has 0 aliphatic carbocycles. The number of hydrogen-bond donors (Lipinski definition) is 3. The van der Waals surface area contributed by atoms with E-state index in [1.165, 1.54) is 6.20 Å². The molecular formula is C11H18N4O. The van der Waals surface area contributed by atoms with Gasteiger partial charge in [0.25, 0.3) is 5.91 Å². The molecule has 1 heterocycles. The monoisotopic (exact) mass is 222 g/mol. The van der Waals surface area contributed by atoms with E-state index in [0.717, 1.165) is 19.3 Å². The SMILES string of the molecule is CCCCCNC(=O)c1ccc(NN)cn1. The minimum Gasteiger partial charge on any atom is -0.351 e. The Balaban J connectivity index is 2.40. The summed E-state index contributed by atoms with van der Waals surface area (Å²) in [6.45, 7) is 2.83. The standard InChI is InChI=1S/C11H18N4O/c1-2-3-4-7-13-11(16)10-6-5-9(15-12)8-14-10/h5-6,8,15H,2-4,7,12H2,1H3,(H,13,16). The number of carbonyl (C=O) groups is 1. The van der Waals surface area contributed by atoms with Crippen molar-refractivity contribution in [2.24, 2.45) is 5.84 Å². The van der Waals surface area contributed by atoms with Gasteiger partial charge in [-0.25, -0.2) is 4.98 Å². The third kappa shape index (κ3) is 3.86. The lowest BCUT2D eigenvalue weighted by molar-refractivity contribution is 0.0948. The Bertz CT molecular complexity index is 323. The zero-order chi connectivity index (χ0) is 11.8. The first-order valence-corrected chi connectivity index (χ1v) is 5.48. The Hall–Kier alpha value is -1.62. The van der Waals surface area contributed by atoms with Crippen molar-refractivity contribution in [3.05, 3.63) is 24.0 Å². The molecule has 0 spiro atoms. The van der Waals surface area contributed by atoms with E-state index in [9.17, 15) is 4.79 Å². The summed E-state index contributed by atoms with van der Waals surface area (Å²) in [6.07, 6.45) is 4.81. The fourth-order valence-corrected chi connectivity index (χ4v) is 1.28. The molecule has 1 aromatic rings. The van der Waals surface area contributed by atoms with Crippen LogP contribution in [0.2, 0.25) is 0 Å². The number of hydrazine groups is 1. The predicted molar refractivity (Wildman–Crippen MR) is 63.9 cm³/mol. The average Bonchev–Trinajstić information content (AvgIpc) is 2.34. The van der Waals surface area contributed by atoms with Crippen molar-refractivity contribution in [2.45, 2.75) is 26.2 Å². The molecule has 0 radical (unpaired) electrons. The number of unbranched alkanes of at least 4 members (excludes halogenated alkanes) is 2. The molecule has 4 N–H and O–H groups in total. The van der Waals surface area contributed by atoms with Crippen LogP contribution in [0.3, 0.4) is 0 Å². The van der Waals surface area contributed by atoms with E-state index in [0.29, 0.717) is 17.9 Å². The quantitative estimate of drug-likeness (QED) is 0.385. The van der Waals surface area contributed by atoms with Crippen LogP contribution in [0.5, 0.6) is 0 Å². The summed E-state index contributed by atoms with van der Waals surface area (Å²) in [5.41, 5.74) is 3.55. The minimum atomic E-state index is -0.139. The first-order valence-electron chi connectivity index (χ1n) is 5.48. The van der Waals surface area contributed by atoms with Gasteiger partial charge in [0.05, 0.1) is 11.9 Å². The Labute approximate surface area is 95.4 Å². The van der Waals surface area contributed by atoms with Crippen LogP contribution in [0.1, 0.15) is 36.7 Å². The minimum absolute atomic E-state index is 0.139. The predicted octanol–water partition coefficient (Wildman–Crippen LogP) is 1.29. The van der Waals surface area contributed by atoms with Gasteiger partial charge in [0, 0.05) is 6.54 Å². The van der Waals surface area contributed by atoms with E-state index in [2.05, 4.69) is 22.7 Å². The van der Waals surface area contributed by atoms with E-state index in [-0.39, 0.29) is 5.91 Å². The second-order valence-corrected chi connectivity index (χ2v) is 3.54. The highest BCUT2D eigenvalue weighted by atomic mass is 16.1. The van der Waals surface area contributed by atoms with Gasteiger partial charge in [0.1, 0.15) is 5.69 Å². The molecule has 0 fully saturated rings. The van der Waals surface area contributed by atoms with Crippen molar-refractivity contribution in [2.75, 3.05) is 12.0 Å². The first-order chi connectivity index (χ1) is 7.77. The van der Waals surface area contributed by atoms with Crippen molar-refractivity contribution in [3.63, 3.8) is 0 Å². The second kappa shape index (κ2) is 6.79. The molecule has 0 saturated heterocycles. The van der Waals surface area contributed by atoms with Gasteiger partial charge >= 0.3 is 0 Å². The van der Waals surface area contributed by atoms with E-state index in [4.69, 9.17) is 5.84 Å². The summed E-state index contributed by atoms with van der Waals surface area (Å²) in [4.78, 5) is 15.6. The number of carbonyl (C=O) groups excluding carboxylic acids is 1. The first kappa shape index (κ1) is 12.4. The molecule has 1 rings (SSSR count). The van der Waals surface area contributed by atoms with E-state index >= 15 is 0 Å². The van der Waals surface area contributed by atoms with Gasteiger partial charge < -0.3 is 10.7 Å². The summed E-state index contributed by atoms with van der Waals surface area (Å²) in [5, 5.41) is 2.82. The normalized spacial score (nSPS) is 9.88. The third-order valence-electron chi connectivity index (χ3n) is 2.23. The lowest BCUT2D eigenvalue weighted by atomic mass is 10.2. The number of nitrogens with two attached hydrogens (primary N) is 1. The van der Waals surface area contributed by atoms with Crippen molar-refractivity contribution in [3.8, 4) is 0 Å². The lowest BCUT2D eigenvalue weighted by Gasteiger charge is -2.04. The van der Waals surface area contributed by atoms with Gasteiger partial charge in [-0.2, -0.15) is 0 Å². The van der Waals surface area contributed by atoms with Crippen LogP contribution in [0, 0.1) is 0 Å². The van der Waals surface area contributed by atoms with Crippen LogP contribution < -0.4 is 16.6 Å². The summed E-state index contributed by atoms with van der Waals surface area (Å²) in [6, 6.07) is 3.36. The Morgan fingerprint density at radius 1 is 1.44 bits per heavy atom. The molecule has 5 heteroatoms. The van der Waals surface area contributed by atoms with Crippen LogP contribution >= 0.6 is 0 Å². The molecule has 1 aromatic heterocycles. The number of nitrogen functional groups attached to an aromatic ring is 1. The van der Waals surface area contributed by atoms with Gasteiger partial charge in [-0.1, -0.05) is 19.8 Å². The van der Waals surface area contributed by atoms with Crippen LogP contribution in [-0.4, -0.2) is 17.4 Å². The molecule has 0 aromatic carbocycles. The van der Waals surface area contributed by atoms with Crippen LogP contribution in [0.25, 0.3) is 0 Å². The number of nitrogens with zero attached hydrogens (tertiary/aromatic N) is 1. The van der Waals surface area contributed by atoms with Crippen LogP contribution in [0.15, 0.2) is 18.3 Å². The second-order valence-electron chi connectivity index (χ2n) is 3.54. The molecule has 0 aliphatic rings. The highest BCUT2D eigenvalue weighted by Crippen LogP contribution is 2.03. The number of pyridine rings is 1. The molecule has 0 aliphatic heterocycles. The Kier molecular flexibility index (Phi) is 5.28. The maximum atomic E-state index is 11.6. The number of anilines is 1. The van der Waals surface area contributed by atoms with Crippen molar-refractivity contribution in [1.29, 1.82) is 0 Å². The zero-order valence-electron chi connectivity index (χ0n) is 9.49. The average molecular weight is 222 g/mol.